The Morgan fingerprint density at radius 2 is 2.17 bits per heavy atom. The van der Waals surface area contributed by atoms with E-state index < -0.39 is 0 Å². The first-order chi connectivity index (χ1) is 14.1. The van der Waals surface area contributed by atoms with Crippen LogP contribution in [0.1, 0.15) is 18.4 Å². The molecule has 0 aromatic carbocycles. The number of carbonyl (C=O) groups excluding carboxylic acids is 1. The maximum Gasteiger partial charge on any atom is 0.229 e. The molecule has 3 heterocycles. The Bertz CT molecular complexity index is 1180. The van der Waals surface area contributed by atoms with Crippen molar-refractivity contribution in [2.24, 2.45) is 17.8 Å². The van der Waals surface area contributed by atoms with Crippen molar-refractivity contribution in [3.05, 3.63) is 53.8 Å². The molecule has 2 fully saturated rings. The van der Waals surface area contributed by atoms with Gasteiger partial charge in [-0.25, -0.2) is 16.5 Å². The van der Waals surface area contributed by atoms with Crippen LogP contribution in [0.15, 0.2) is 36.8 Å². The van der Waals surface area contributed by atoms with Gasteiger partial charge in [0.2, 0.25) is 11.9 Å². The monoisotopic (exact) mass is 384 g/mol. The number of anilines is 2. The summed E-state index contributed by atoms with van der Waals surface area (Å²) in [7, 11) is 0. The standard InChI is InChI=1S/C22H20N6O/c1-11-5-6-25-9-14(11)17-7-12-8-18(26-10-15(12)21(23)27-17)28-22(29)20-13-3-4-16(24-2)19(13)20/h5-10,13,16,19-20H,3-4H2,1H3,(H2,23,27)(H,26,28,29)/t13-,16?,19-,20?/m1/s1. The molecular formula is C22H20N6O. The molecule has 0 radical (unpaired) electrons. The zero-order chi connectivity index (χ0) is 20.1. The first-order valence-electron chi connectivity index (χ1n) is 9.71. The van der Waals surface area contributed by atoms with Gasteiger partial charge in [-0.15, -0.1) is 0 Å². The van der Waals surface area contributed by atoms with Crippen molar-refractivity contribution in [1.29, 1.82) is 0 Å². The lowest BCUT2D eigenvalue weighted by molar-refractivity contribution is -0.118. The summed E-state index contributed by atoms with van der Waals surface area (Å²) >= 11 is 0. The minimum atomic E-state index is -0.0588. The van der Waals surface area contributed by atoms with Gasteiger partial charge in [0.25, 0.3) is 0 Å². The smallest absolute Gasteiger partial charge is 0.229 e. The maximum atomic E-state index is 12.7. The van der Waals surface area contributed by atoms with Crippen molar-refractivity contribution in [2.75, 3.05) is 11.1 Å². The molecule has 3 aromatic rings. The number of carbonyl (C=O) groups is 1. The second-order valence-corrected chi connectivity index (χ2v) is 7.90. The lowest BCUT2D eigenvalue weighted by Crippen LogP contribution is -2.19. The molecule has 2 saturated carbocycles. The van der Waals surface area contributed by atoms with Crippen molar-refractivity contribution in [1.82, 2.24) is 15.0 Å². The van der Waals surface area contributed by atoms with E-state index in [4.69, 9.17) is 12.3 Å². The van der Waals surface area contributed by atoms with Gasteiger partial charge in [0, 0.05) is 41.9 Å². The minimum Gasteiger partial charge on any atom is -0.383 e. The Morgan fingerprint density at radius 1 is 1.31 bits per heavy atom. The number of pyridine rings is 3. The van der Waals surface area contributed by atoms with Crippen molar-refractivity contribution in [3.8, 4) is 11.3 Å². The van der Waals surface area contributed by atoms with E-state index in [2.05, 4.69) is 25.1 Å². The molecule has 0 saturated heterocycles. The molecule has 7 nitrogen and oxygen atoms in total. The molecule has 2 aliphatic carbocycles. The summed E-state index contributed by atoms with van der Waals surface area (Å²) in [6.07, 6.45) is 7.04. The van der Waals surface area contributed by atoms with Crippen LogP contribution >= 0.6 is 0 Å². The molecule has 1 amide bonds. The Hall–Kier alpha value is -3.53. The first-order valence-corrected chi connectivity index (χ1v) is 9.71. The number of nitrogens with two attached hydrogens (primary N) is 1. The van der Waals surface area contributed by atoms with Crippen LogP contribution in [0.25, 0.3) is 26.9 Å². The summed E-state index contributed by atoms with van der Waals surface area (Å²) in [6, 6.07) is 5.69. The van der Waals surface area contributed by atoms with Crippen LogP contribution in [0.2, 0.25) is 0 Å². The number of aromatic nitrogens is 3. The summed E-state index contributed by atoms with van der Waals surface area (Å²) < 4.78 is 0. The highest BCUT2D eigenvalue weighted by molar-refractivity contribution is 5.98. The van der Waals surface area contributed by atoms with E-state index in [0.29, 0.717) is 17.6 Å². The predicted octanol–water partition coefficient (Wildman–Crippen LogP) is 3.46. The number of hydrogen-bond acceptors (Lipinski definition) is 5. The van der Waals surface area contributed by atoms with Gasteiger partial charge in [-0.1, -0.05) is 0 Å². The minimum absolute atomic E-state index is 0.00327. The number of aryl methyl sites for hydroxylation is 1. The van der Waals surface area contributed by atoms with Crippen LogP contribution in [0.5, 0.6) is 0 Å². The van der Waals surface area contributed by atoms with Gasteiger partial charge in [-0.2, -0.15) is 0 Å². The van der Waals surface area contributed by atoms with Crippen LogP contribution in [0.3, 0.4) is 0 Å². The Labute approximate surface area is 168 Å². The molecule has 7 heteroatoms. The average Bonchev–Trinajstić information content (AvgIpc) is 3.28. The van der Waals surface area contributed by atoms with Gasteiger partial charge in [0.05, 0.1) is 11.6 Å². The molecule has 2 aliphatic rings. The topological polar surface area (TPSA) is 98.2 Å². The Kier molecular flexibility index (Phi) is 3.95. The van der Waals surface area contributed by atoms with Crippen molar-refractivity contribution >= 4 is 28.3 Å². The van der Waals surface area contributed by atoms with Crippen molar-refractivity contribution < 1.29 is 4.79 Å². The number of nitrogen functional groups attached to an aromatic ring is 1. The number of nitrogens with zero attached hydrogens (tertiary/aromatic N) is 4. The molecule has 3 N–H and O–H groups in total. The third-order valence-corrected chi connectivity index (χ3v) is 6.25. The SMILES string of the molecule is [C-]#[N+]C1CC[C@H]2C(C(=O)Nc3cc4cc(-c5cnccc5C)nc(N)c4cn3)[C@@H]12. The fraction of sp³-hybridized carbons (Fsp3) is 0.318. The zero-order valence-electron chi connectivity index (χ0n) is 16.0. The van der Waals surface area contributed by atoms with Crippen LogP contribution in [-0.2, 0) is 4.79 Å². The Morgan fingerprint density at radius 3 is 2.97 bits per heavy atom. The van der Waals surface area contributed by atoms with Gasteiger partial charge < -0.3 is 15.9 Å². The Balaban J connectivity index is 1.44. The van der Waals surface area contributed by atoms with Crippen LogP contribution in [0.4, 0.5) is 11.6 Å². The van der Waals surface area contributed by atoms with Gasteiger partial charge in [0.15, 0.2) is 0 Å². The van der Waals surface area contributed by atoms with E-state index in [0.717, 1.165) is 40.4 Å². The molecule has 3 aromatic heterocycles. The fourth-order valence-electron chi connectivity index (χ4n) is 4.69. The summed E-state index contributed by atoms with van der Waals surface area (Å²) in [5, 5.41) is 4.53. The third-order valence-electron chi connectivity index (χ3n) is 6.25. The second kappa shape index (κ2) is 6.52. The lowest BCUT2D eigenvalue weighted by atomic mass is 10.1. The van der Waals surface area contributed by atoms with Gasteiger partial charge in [-0.3, -0.25) is 9.78 Å². The zero-order valence-corrected chi connectivity index (χ0v) is 16.0. The number of hydrogen-bond donors (Lipinski definition) is 2. The van der Waals surface area contributed by atoms with Crippen LogP contribution in [0, 0.1) is 31.2 Å². The third kappa shape index (κ3) is 2.88. The molecule has 0 bridgehead atoms. The molecule has 5 rings (SSSR count). The van der Waals surface area contributed by atoms with Crippen LogP contribution in [-0.4, -0.2) is 26.9 Å². The lowest BCUT2D eigenvalue weighted by Gasteiger charge is -2.10. The maximum absolute atomic E-state index is 12.7. The largest absolute Gasteiger partial charge is 0.383 e. The second-order valence-electron chi connectivity index (χ2n) is 7.90. The molecule has 4 atom stereocenters. The summed E-state index contributed by atoms with van der Waals surface area (Å²) in [4.78, 5) is 29.4. The quantitative estimate of drug-likeness (QED) is 0.674. The first kappa shape index (κ1) is 17.6. The molecule has 0 spiro atoms. The number of nitrogens with one attached hydrogen (secondary N) is 1. The van der Waals surface area contributed by atoms with Crippen molar-refractivity contribution in [2.45, 2.75) is 25.8 Å². The highest BCUT2D eigenvalue weighted by Crippen LogP contribution is 2.58. The number of rotatable bonds is 3. The van der Waals surface area contributed by atoms with Gasteiger partial charge in [0.1, 0.15) is 11.6 Å². The van der Waals surface area contributed by atoms with E-state index in [1.54, 1.807) is 18.6 Å². The van der Waals surface area contributed by atoms with E-state index in [9.17, 15) is 4.79 Å². The molecule has 144 valence electrons. The predicted molar refractivity (Wildman–Crippen MR) is 111 cm³/mol. The molecular weight excluding hydrogens is 364 g/mol. The van der Waals surface area contributed by atoms with Crippen molar-refractivity contribution in [3.63, 3.8) is 0 Å². The fourth-order valence-corrected chi connectivity index (χ4v) is 4.69. The molecule has 29 heavy (non-hydrogen) atoms. The highest BCUT2D eigenvalue weighted by atomic mass is 16.2. The van der Waals surface area contributed by atoms with Crippen LogP contribution < -0.4 is 11.1 Å². The summed E-state index contributed by atoms with van der Waals surface area (Å²) in [6.45, 7) is 9.28. The van der Waals surface area contributed by atoms with Gasteiger partial charge in [-0.05, 0) is 48.4 Å². The molecule has 2 unspecified atom stereocenters. The van der Waals surface area contributed by atoms with E-state index in [1.165, 1.54) is 0 Å². The van der Waals surface area contributed by atoms with Gasteiger partial charge >= 0.3 is 0 Å². The van der Waals surface area contributed by atoms with E-state index >= 15 is 0 Å². The van der Waals surface area contributed by atoms with E-state index in [-0.39, 0.29) is 23.8 Å². The summed E-state index contributed by atoms with van der Waals surface area (Å²) in [5.41, 5.74) is 8.87. The number of amides is 1. The molecule has 0 aliphatic heterocycles. The summed E-state index contributed by atoms with van der Waals surface area (Å²) in [5.74, 6) is 1.36. The highest BCUT2D eigenvalue weighted by Gasteiger charge is 2.64. The van der Waals surface area contributed by atoms with E-state index in [1.807, 2.05) is 25.1 Å². The normalized spacial score (nSPS) is 24.7. The number of fused-ring (bicyclic) bond motifs is 2. The average molecular weight is 384 g/mol.